The molecule has 150 valence electrons. The van der Waals surface area contributed by atoms with E-state index >= 15 is 0 Å². The molecule has 0 aromatic heterocycles. The summed E-state index contributed by atoms with van der Waals surface area (Å²) in [5, 5.41) is 10.3. The van der Waals surface area contributed by atoms with Crippen molar-refractivity contribution in [2.45, 2.75) is 45.9 Å². The van der Waals surface area contributed by atoms with Crippen molar-refractivity contribution in [1.82, 2.24) is 4.90 Å². The van der Waals surface area contributed by atoms with Crippen LogP contribution in [0.25, 0.3) is 6.08 Å². The molecule has 0 aliphatic rings. The average molecular weight is 382 g/mol. The van der Waals surface area contributed by atoms with Crippen molar-refractivity contribution in [3.8, 4) is 5.75 Å². The third kappa shape index (κ3) is 6.95. The first-order valence-corrected chi connectivity index (χ1v) is 9.81. The molecular formula is C24H31NO3. The van der Waals surface area contributed by atoms with Crippen molar-refractivity contribution >= 4 is 11.9 Å². The van der Waals surface area contributed by atoms with Crippen LogP contribution in [0.3, 0.4) is 0 Å². The van der Waals surface area contributed by atoms with E-state index in [-0.39, 0.29) is 12.4 Å². The second kappa shape index (κ2) is 10.8. The van der Waals surface area contributed by atoms with Crippen LogP contribution in [0, 0.1) is 0 Å². The number of ketones is 1. The van der Waals surface area contributed by atoms with Crippen LogP contribution in [0.5, 0.6) is 5.75 Å². The van der Waals surface area contributed by atoms with Gasteiger partial charge in [0.05, 0.1) is 0 Å². The number of nitrogens with zero attached hydrogens (tertiary/aromatic N) is 1. The Hall–Kier alpha value is -2.43. The molecule has 0 radical (unpaired) electrons. The number of rotatable bonds is 10. The van der Waals surface area contributed by atoms with Gasteiger partial charge in [0.2, 0.25) is 0 Å². The fourth-order valence-corrected chi connectivity index (χ4v) is 3.08. The van der Waals surface area contributed by atoms with Gasteiger partial charge in [0.15, 0.2) is 5.78 Å². The molecule has 0 aliphatic carbocycles. The van der Waals surface area contributed by atoms with Crippen LogP contribution in [-0.4, -0.2) is 47.1 Å². The van der Waals surface area contributed by atoms with Gasteiger partial charge < -0.3 is 9.84 Å². The summed E-state index contributed by atoms with van der Waals surface area (Å²) in [5.41, 5.74) is 1.54. The van der Waals surface area contributed by atoms with Crippen molar-refractivity contribution in [2.75, 3.05) is 13.2 Å². The second-order valence-electron chi connectivity index (χ2n) is 7.49. The van der Waals surface area contributed by atoms with E-state index in [4.69, 9.17) is 4.74 Å². The van der Waals surface area contributed by atoms with Crippen molar-refractivity contribution in [1.29, 1.82) is 0 Å². The first-order valence-electron chi connectivity index (χ1n) is 9.81. The number of hydrogen-bond donors (Lipinski definition) is 1. The average Bonchev–Trinajstić information content (AvgIpc) is 2.69. The number of allylic oxidation sites excluding steroid dienone is 1. The Morgan fingerprint density at radius 2 is 1.71 bits per heavy atom. The van der Waals surface area contributed by atoms with Crippen molar-refractivity contribution in [3.63, 3.8) is 0 Å². The molecule has 1 unspecified atom stereocenters. The van der Waals surface area contributed by atoms with Crippen LogP contribution in [0.4, 0.5) is 0 Å². The predicted molar refractivity (Wildman–Crippen MR) is 115 cm³/mol. The summed E-state index contributed by atoms with van der Waals surface area (Å²) in [4.78, 5) is 14.4. The van der Waals surface area contributed by atoms with E-state index in [1.807, 2.05) is 42.5 Å². The first kappa shape index (κ1) is 21.9. The summed E-state index contributed by atoms with van der Waals surface area (Å²) < 4.78 is 5.76. The summed E-state index contributed by atoms with van der Waals surface area (Å²) in [6.45, 7) is 9.30. The van der Waals surface area contributed by atoms with E-state index in [0.717, 1.165) is 5.56 Å². The van der Waals surface area contributed by atoms with Crippen LogP contribution >= 0.6 is 0 Å². The largest absolute Gasteiger partial charge is 0.491 e. The SMILES string of the molecule is CC(C)N(CC(O)COc1cccc(/C=C/C(=O)c2ccccc2)c1)C(C)C. The van der Waals surface area contributed by atoms with E-state index in [2.05, 4.69) is 32.6 Å². The molecule has 0 amide bonds. The lowest BCUT2D eigenvalue weighted by molar-refractivity contribution is 0.0445. The number of carbonyl (C=O) groups excluding carboxylic acids is 1. The maximum atomic E-state index is 12.2. The number of benzene rings is 2. The molecule has 2 aromatic carbocycles. The van der Waals surface area contributed by atoms with Crippen LogP contribution in [0.1, 0.15) is 43.6 Å². The molecule has 0 bridgehead atoms. The number of aliphatic hydroxyl groups excluding tert-OH is 1. The van der Waals surface area contributed by atoms with Gasteiger partial charge in [-0.2, -0.15) is 0 Å². The second-order valence-corrected chi connectivity index (χ2v) is 7.49. The van der Waals surface area contributed by atoms with E-state index in [9.17, 15) is 9.90 Å². The molecule has 0 heterocycles. The summed E-state index contributed by atoms with van der Waals surface area (Å²) >= 11 is 0. The highest BCUT2D eigenvalue weighted by molar-refractivity contribution is 6.06. The Labute approximate surface area is 168 Å². The van der Waals surface area contributed by atoms with Gasteiger partial charge in [0, 0.05) is 24.2 Å². The zero-order valence-corrected chi connectivity index (χ0v) is 17.2. The van der Waals surface area contributed by atoms with Gasteiger partial charge in [-0.3, -0.25) is 9.69 Å². The number of carbonyl (C=O) groups is 1. The minimum absolute atomic E-state index is 0.0372. The lowest BCUT2D eigenvalue weighted by atomic mass is 10.1. The molecule has 2 aromatic rings. The number of hydrogen-bond acceptors (Lipinski definition) is 4. The molecule has 0 saturated carbocycles. The Morgan fingerprint density at radius 3 is 2.36 bits per heavy atom. The maximum absolute atomic E-state index is 12.2. The Kier molecular flexibility index (Phi) is 8.42. The summed E-state index contributed by atoms with van der Waals surface area (Å²) in [6.07, 6.45) is 2.77. The highest BCUT2D eigenvalue weighted by atomic mass is 16.5. The Bertz CT molecular complexity index is 760. The number of aliphatic hydroxyl groups is 1. The zero-order chi connectivity index (χ0) is 20.5. The third-order valence-corrected chi connectivity index (χ3v) is 4.53. The van der Waals surface area contributed by atoms with Crippen LogP contribution < -0.4 is 4.74 Å². The minimum Gasteiger partial charge on any atom is -0.491 e. The van der Waals surface area contributed by atoms with E-state index in [0.29, 0.717) is 29.9 Å². The topological polar surface area (TPSA) is 49.8 Å². The van der Waals surface area contributed by atoms with Gasteiger partial charge in [0.1, 0.15) is 18.5 Å². The molecule has 4 nitrogen and oxygen atoms in total. The van der Waals surface area contributed by atoms with Crippen molar-refractivity contribution < 1.29 is 14.6 Å². The van der Waals surface area contributed by atoms with E-state index in [1.165, 1.54) is 0 Å². The van der Waals surface area contributed by atoms with Gasteiger partial charge in [0.25, 0.3) is 0 Å². The zero-order valence-electron chi connectivity index (χ0n) is 17.2. The van der Waals surface area contributed by atoms with Crippen molar-refractivity contribution in [3.05, 3.63) is 71.8 Å². The molecule has 0 saturated heterocycles. The van der Waals surface area contributed by atoms with E-state index in [1.54, 1.807) is 24.3 Å². The van der Waals surface area contributed by atoms with Crippen LogP contribution in [-0.2, 0) is 0 Å². The lowest BCUT2D eigenvalue weighted by Gasteiger charge is -2.32. The molecule has 28 heavy (non-hydrogen) atoms. The highest BCUT2D eigenvalue weighted by Crippen LogP contribution is 2.16. The lowest BCUT2D eigenvalue weighted by Crippen LogP contribution is -2.43. The van der Waals surface area contributed by atoms with Gasteiger partial charge in [-0.1, -0.05) is 48.5 Å². The van der Waals surface area contributed by atoms with Crippen LogP contribution in [0.15, 0.2) is 60.7 Å². The molecule has 1 N–H and O–H groups in total. The van der Waals surface area contributed by atoms with Crippen LogP contribution in [0.2, 0.25) is 0 Å². The van der Waals surface area contributed by atoms with E-state index < -0.39 is 6.10 Å². The highest BCUT2D eigenvalue weighted by Gasteiger charge is 2.18. The molecule has 0 spiro atoms. The fourth-order valence-electron chi connectivity index (χ4n) is 3.08. The quantitative estimate of drug-likeness (QED) is 0.488. The standard InChI is InChI=1S/C24H31NO3/c1-18(2)25(19(3)4)16-22(26)17-28-23-12-8-9-20(15-23)13-14-24(27)21-10-6-5-7-11-21/h5-15,18-19,22,26H,16-17H2,1-4H3/b14-13+. The predicted octanol–water partition coefficient (Wildman–Crippen LogP) is 4.44. The van der Waals surface area contributed by atoms with Gasteiger partial charge in [-0.25, -0.2) is 0 Å². The maximum Gasteiger partial charge on any atom is 0.185 e. The Balaban J connectivity index is 1.92. The minimum atomic E-state index is -0.566. The van der Waals surface area contributed by atoms with Crippen molar-refractivity contribution in [2.24, 2.45) is 0 Å². The molecule has 1 atom stereocenters. The Morgan fingerprint density at radius 1 is 1.04 bits per heavy atom. The molecule has 0 fully saturated rings. The monoisotopic (exact) mass is 381 g/mol. The third-order valence-electron chi connectivity index (χ3n) is 4.53. The number of ether oxygens (including phenoxy) is 1. The fraction of sp³-hybridized carbons (Fsp3) is 0.375. The molecule has 0 aliphatic heterocycles. The normalized spacial score (nSPS) is 12.9. The molecule has 2 rings (SSSR count). The summed E-state index contributed by atoms with van der Waals surface area (Å²) in [6, 6.07) is 17.4. The van der Waals surface area contributed by atoms with Gasteiger partial charge in [-0.05, 0) is 51.5 Å². The van der Waals surface area contributed by atoms with Gasteiger partial charge in [-0.15, -0.1) is 0 Å². The first-order chi connectivity index (χ1) is 13.4. The molecular weight excluding hydrogens is 350 g/mol. The summed E-state index contributed by atoms with van der Waals surface area (Å²) in [5.74, 6) is 0.638. The van der Waals surface area contributed by atoms with Gasteiger partial charge >= 0.3 is 0 Å². The summed E-state index contributed by atoms with van der Waals surface area (Å²) in [7, 11) is 0. The molecule has 4 heteroatoms. The smallest absolute Gasteiger partial charge is 0.185 e.